The molecular weight excluding hydrogens is 959 g/mol. The Hall–Kier alpha value is -5.42. The summed E-state index contributed by atoms with van der Waals surface area (Å²) in [6, 6.07) is 45.4. The van der Waals surface area contributed by atoms with Gasteiger partial charge in [-0.05, 0) is 223 Å². The molecule has 6 aromatic rings. The van der Waals surface area contributed by atoms with Crippen molar-refractivity contribution in [1.82, 2.24) is 0 Å². The molecule has 8 saturated carbocycles. The number of hydrogen-bond acceptors (Lipinski definition) is 6. The summed E-state index contributed by atoms with van der Waals surface area (Å²) in [5.74, 6) is 6.47. The van der Waals surface area contributed by atoms with Crippen LogP contribution in [0.4, 0.5) is 11.4 Å². The molecule has 8 bridgehead atoms. The van der Waals surface area contributed by atoms with Crippen LogP contribution in [0.15, 0.2) is 138 Å². The quantitative estimate of drug-likeness (QED) is 0.0989. The molecular formula is C62H62BBrN2O6. The Kier molecular flexibility index (Phi) is 10.8. The molecule has 1 saturated heterocycles. The van der Waals surface area contributed by atoms with Crippen molar-refractivity contribution in [3.8, 4) is 33.4 Å². The molecule has 0 N–H and O–H groups in total. The number of fused-ring (bicyclic) bond motifs is 6. The van der Waals surface area contributed by atoms with Gasteiger partial charge in [-0.1, -0.05) is 109 Å². The van der Waals surface area contributed by atoms with Gasteiger partial charge >= 0.3 is 7.12 Å². The van der Waals surface area contributed by atoms with Crippen molar-refractivity contribution in [2.45, 2.75) is 114 Å². The maximum atomic E-state index is 11.9. The highest BCUT2D eigenvalue weighted by molar-refractivity contribution is 9.10. The number of halogens is 1. The second-order valence-corrected chi connectivity index (χ2v) is 24.9. The van der Waals surface area contributed by atoms with E-state index in [0.717, 1.165) is 46.6 Å². The second kappa shape index (κ2) is 16.8. The van der Waals surface area contributed by atoms with Crippen LogP contribution in [0, 0.1) is 67.6 Å². The van der Waals surface area contributed by atoms with Crippen LogP contribution in [0.1, 0.15) is 114 Å². The fourth-order valence-corrected chi connectivity index (χ4v) is 17.7. The van der Waals surface area contributed by atoms with Crippen LogP contribution in [0.2, 0.25) is 0 Å². The van der Waals surface area contributed by atoms with E-state index in [2.05, 4.69) is 129 Å². The van der Waals surface area contributed by atoms with Crippen LogP contribution in [0.25, 0.3) is 33.4 Å². The predicted octanol–water partition coefficient (Wildman–Crippen LogP) is 15.1. The summed E-state index contributed by atoms with van der Waals surface area (Å²) in [7, 11) is -0.289. The topological polar surface area (TPSA) is 105 Å². The molecule has 17 rings (SSSR count). The van der Waals surface area contributed by atoms with E-state index in [1.54, 1.807) is 41.5 Å². The average Bonchev–Trinajstić information content (AvgIpc) is 3.92. The summed E-state index contributed by atoms with van der Waals surface area (Å²) >= 11 is 3.06. The number of rotatable bonds is 4. The zero-order valence-electron chi connectivity index (χ0n) is 41.7. The minimum Gasteiger partial charge on any atom is -0.399 e. The highest BCUT2D eigenvalue weighted by atomic mass is 79.9. The number of nitrogens with zero attached hydrogens (tertiary/aromatic N) is 2. The molecule has 10 aliphatic carbocycles. The molecule has 0 radical (unpaired) electrons. The summed E-state index contributed by atoms with van der Waals surface area (Å²) < 4.78 is 13.8. The van der Waals surface area contributed by atoms with Gasteiger partial charge in [-0.25, -0.2) is 0 Å². The van der Waals surface area contributed by atoms with E-state index in [0.29, 0.717) is 16.3 Å². The third-order valence-corrected chi connectivity index (χ3v) is 20.8. The van der Waals surface area contributed by atoms with Gasteiger partial charge in [-0.15, -0.1) is 0 Å². The highest BCUT2D eigenvalue weighted by Gasteiger charge is 2.65. The van der Waals surface area contributed by atoms with Gasteiger partial charge in [0.05, 0.1) is 31.1 Å². The highest BCUT2D eigenvalue weighted by Crippen LogP contribution is 2.71. The van der Waals surface area contributed by atoms with E-state index in [-0.39, 0.29) is 45.4 Å². The van der Waals surface area contributed by atoms with Crippen LogP contribution in [-0.2, 0) is 20.1 Å². The van der Waals surface area contributed by atoms with E-state index in [9.17, 15) is 20.2 Å². The number of nitro groups is 2. The normalized spacial score (nSPS) is 31.3. The van der Waals surface area contributed by atoms with E-state index < -0.39 is 4.92 Å². The van der Waals surface area contributed by atoms with Gasteiger partial charge in [0.15, 0.2) is 0 Å². The Balaban J connectivity index is 0.000000118. The fourth-order valence-electron chi connectivity index (χ4n) is 17.3. The van der Waals surface area contributed by atoms with Crippen LogP contribution in [-0.4, -0.2) is 28.2 Å². The lowest BCUT2D eigenvalue weighted by atomic mass is 9.42. The number of para-hydroxylation sites is 2. The average molecular weight is 1020 g/mol. The number of benzene rings is 6. The van der Waals surface area contributed by atoms with Crippen LogP contribution in [0.5, 0.6) is 0 Å². The van der Waals surface area contributed by atoms with Crippen molar-refractivity contribution in [1.29, 1.82) is 0 Å². The smallest absolute Gasteiger partial charge is 0.399 e. The molecule has 0 unspecified atom stereocenters. The Morgan fingerprint density at radius 3 is 1.26 bits per heavy atom. The van der Waals surface area contributed by atoms with Crippen molar-refractivity contribution < 1.29 is 19.2 Å². The third kappa shape index (κ3) is 6.69. The Bertz CT molecular complexity index is 3130. The van der Waals surface area contributed by atoms with E-state index in [1.165, 1.54) is 109 Å². The molecule has 0 aromatic heterocycles. The lowest BCUT2D eigenvalue weighted by Gasteiger charge is -2.61. The van der Waals surface area contributed by atoms with Crippen molar-refractivity contribution in [2.24, 2.45) is 47.3 Å². The van der Waals surface area contributed by atoms with Gasteiger partial charge in [-0.3, -0.25) is 20.2 Å². The van der Waals surface area contributed by atoms with E-state index in [1.807, 2.05) is 12.1 Å². The Morgan fingerprint density at radius 1 is 0.444 bits per heavy atom. The summed E-state index contributed by atoms with van der Waals surface area (Å²) in [6.45, 7) is 8.68. The Labute approximate surface area is 431 Å². The van der Waals surface area contributed by atoms with Crippen LogP contribution in [0.3, 0.4) is 0 Å². The molecule has 0 amide bonds. The van der Waals surface area contributed by atoms with Gasteiger partial charge in [0.2, 0.25) is 0 Å². The lowest BCUT2D eigenvalue weighted by molar-refractivity contribution is -0.385. The molecule has 2 spiro atoms. The van der Waals surface area contributed by atoms with Gasteiger partial charge < -0.3 is 9.31 Å². The Morgan fingerprint density at radius 2 is 0.806 bits per heavy atom. The third-order valence-electron chi connectivity index (χ3n) is 20.1. The maximum Gasteiger partial charge on any atom is 0.495 e. The molecule has 9 fully saturated rings. The first-order valence-electron chi connectivity index (χ1n) is 26.7. The van der Waals surface area contributed by atoms with Crippen molar-refractivity contribution in [3.05, 3.63) is 180 Å². The maximum absolute atomic E-state index is 11.9. The zero-order chi connectivity index (χ0) is 49.5. The number of hydrogen-bond donors (Lipinski definition) is 0. The van der Waals surface area contributed by atoms with E-state index >= 15 is 0 Å². The predicted molar refractivity (Wildman–Crippen MR) is 288 cm³/mol. The number of nitro benzene ring substituents is 2. The first-order valence-corrected chi connectivity index (χ1v) is 27.4. The largest absolute Gasteiger partial charge is 0.495 e. The van der Waals surface area contributed by atoms with Gasteiger partial charge in [0.1, 0.15) is 0 Å². The molecule has 10 heteroatoms. The summed E-state index contributed by atoms with van der Waals surface area (Å²) in [5.41, 5.74) is 14.6. The summed E-state index contributed by atoms with van der Waals surface area (Å²) in [5, 5.41) is 22.1. The van der Waals surface area contributed by atoms with Crippen molar-refractivity contribution in [3.63, 3.8) is 0 Å². The van der Waals surface area contributed by atoms with Gasteiger partial charge in [-0.2, -0.15) is 0 Å². The molecule has 1 aliphatic heterocycles. The SMILES string of the molecule is CC1(C)OB(c2cccc3c2C2(c4ccccc4-3)C3CC4CC(C3)CC2C4)OC1(C)C.O=[N+]([O-])c1ccccc1-c1cccc2c1C1(c3ccccc3-2)C2CC3CC(C2)CC1C3.O=[N+]([O-])c1ccccc1Br. The first kappa shape index (κ1) is 46.4. The van der Waals surface area contributed by atoms with Crippen molar-refractivity contribution >= 4 is 39.9 Å². The van der Waals surface area contributed by atoms with Crippen molar-refractivity contribution in [2.75, 3.05) is 0 Å². The molecule has 72 heavy (non-hydrogen) atoms. The van der Waals surface area contributed by atoms with Crippen LogP contribution < -0.4 is 5.46 Å². The molecule has 8 nitrogen and oxygen atoms in total. The summed E-state index contributed by atoms with van der Waals surface area (Å²) in [6.07, 6.45) is 13.8. The molecule has 366 valence electrons. The fraction of sp³-hybridized carbons (Fsp3) is 0.419. The van der Waals surface area contributed by atoms with Gasteiger partial charge in [0.25, 0.3) is 11.4 Å². The molecule has 1 heterocycles. The monoisotopic (exact) mass is 1020 g/mol. The van der Waals surface area contributed by atoms with Gasteiger partial charge in [0, 0.05) is 23.0 Å². The van der Waals surface area contributed by atoms with E-state index in [4.69, 9.17) is 9.31 Å². The first-order chi connectivity index (χ1) is 34.7. The molecule has 6 aromatic carbocycles. The summed E-state index contributed by atoms with van der Waals surface area (Å²) in [4.78, 5) is 21.5. The molecule has 11 aliphatic rings. The standard InChI is InChI=1S/C28H33BO2.C28H25NO2.C6H4BrNO2/c1-26(2)27(3,4)31-29(30-26)24-11-7-9-22-21-8-5-6-10-23(21)28(25(22)24)19-13-17-12-18(15-19)16-20(28)14-17;30-29(31)26-11-4-2-7-22(26)24-9-5-8-23-21-6-1-3-10-25(21)28(27(23)24)19-13-17-12-18(15-19)16-20(28)14-17;7-5-3-1-2-4-6(5)8(9)10/h5-11,17-20H,12-16H2,1-4H3;1-11,17-20H,12-16H2;1-4H. The zero-order valence-corrected chi connectivity index (χ0v) is 43.3. The van der Waals surface area contributed by atoms with Crippen LogP contribution >= 0.6 is 15.9 Å². The second-order valence-electron chi connectivity index (χ2n) is 24.0. The lowest BCUT2D eigenvalue weighted by Crippen LogP contribution is -2.57. The minimum atomic E-state index is -0.427. The minimum absolute atomic E-state index is 0.0135. The molecule has 0 atom stereocenters.